The van der Waals surface area contributed by atoms with E-state index in [4.69, 9.17) is 0 Å². The number of likely N-dealkylation sites (tertiary alicyclic amines) is 1. The second-order valence-corrected chi connectivity index (χ2v) is 11.8. The van der Waals surface area contributed by atoms with Crippen molar-refractivity contribution >= 4 is 40.9 Å². The van der Waals surface area contributed by atoms with E-state index in [1.54, 1.807) is 16.7 Å². The summed E-state index contributed by atoms with van der Waals surface area (Å²) < 4.78 is -0.684. The van der Waals surface area contributed by atoms with Gasteiger partial charge in [-0.05, 0) is 55.9 Å². The van der Waals surface area contributed by atoms with Crippen LogP contribution in [0.3, 0.4) is 0 Å². The number of thioether (sulfide) groups is 1. The standard InChI is InChI=1S/C28H33N3O4S/c1-16-9-7-10-17(2)23(16)30-26(34)24-28-18(3)15-20(36-28)21(22(28)27(35)31(24)13-8-14-32)25(33)29-19-11-5-4-6-12-19/h4-7,9-12,18,20-22,24,32H,8,13-15H2,1-3H3,(H,29,33)(H,30,34)/t18?,20-,21+,22+,24?,28?/m1/s1. The molecule has 1 spiro atoms. The van der Waals surface area contributed by atoms with Gasteiger partial charge in [-0.3, -0.25) is 14.4 Å². The van der Waals surface area contributed by atoms with Crippen molar-refractivity contribution in [1.82, 2.24) is 4.90 Å². The van der Waals surface area contributed by atoms with E-state index < -0.39 is 22.6 Å². The summed E-state index contributed by atoms with van der Waals surface area (Å²) in [7, 11) is 0. The Bertz CT molecular complexity index is 1170. The number of aliphatic hydroxyl groups is 1. The molecule has 3 saturated heterocycles. The third kappa shape index (κ3) is 3.82. The Kier molecular flexibility index (Phi) is 6.59. The Morgan fingerprint density at radius 3 is 2.42 bits per heavy atom. The van der Waals surface area contributed by atoms with Gasteiger partial charge in [-0.2, -0.15) is 0 Å². The lowest BCUT2D eigenvalue weighted by Crippen LogP contribution is -2.55. The number of aliphatic hydroxyl groups excluding tert-OH is 1. The van der Waals surface area contributed by atoms with E-state index in [1.165, 1.54) is 0 Å². The molecule has 2 bridgehead atoms. The van der Waals surface area contributed by atoms with Crippen molar-refractivity contribution in [1.29, 1.82) is 0 Å². The summed E-state index contributed by atoms with van der Waals surface area (Å²) >= 11 is 1.65. The molecule has 190 valence electrons. The fourth-order valence-electron chi connectivity index (χ4n) is 6.55. The Balaban J connectivity index is 1.51. The molecule has 7 nitrogen and oxygen atoms in total. The highest BCUT2D eigenvalue weighted by Gasteiger charge is 2.75. The van der Waals surface area contributed by atoms with E-state index in [0.717, 1.165) is 23.2 Å². The maximum atomic E-state index is 14.0. The number of nitrogens with one attached hydrogen (secondary N) is 2. The second kappa shape index (κ2) is 9.56. The third-order valence-corrected chi connectivity index (χ3v) is 10.2. The van der Waals surface area contributed by atoms with Crippen LogP contribution >= 0.6 is 11.8 Å². The normalized spacial score (nSPS) is 30.4. The van der Waals surface area contributed by atoms with Crippen LogP contribution in [0.15, 0.2) is 48.5 Å². The van der Waals surface area contributed by atoms with E-state index in [0.29, 0.717) is 12.1 Å². The molecule has 2 aromatic carbocycles. The molecule has 8 heteroatoms. The van der Waals surface area contributed by atoms with Crippen molar-refractivity contribution in [2.75, 3.05) is 23.8 Å². The highest BCUT2D eigenvalue weighted by molar-refractivity contribution is 8.02. The Labute approximate surface area is 216 Å². The van der Waals surface area contributed by atoms with Gasteiger partial charge in [0.25, 0.3) is 0 Å². The molecule has 0 aliphatic carbocycles. The van der Waals surface area contributed by atoms with E-state index >= 15 is 0 Å². The molecule has 3 fully saturated rings. The van der Waals surface area contributed by atoms with E-state index in [2.05, 4.69) is 17.6 Å². The van der Waals surface area contributed by atoms with Crippen LogP contribution in [0.2, 0.25) is 0 Å². The van der Waals surface area contributed by atoms with Gasteiger partial charge in [0.2, 0.25) is 17.7 Å². The van der Waals surface area contributed by atoms with Gasteiger partial charge in [-0.25, -0.2) is 0 Å². The van der Waals surface area contributed by atoms with Crippen molar-refractivity contribution in [3.8, 4) is 0 Å². The Hall–Kier alpha value is -2.84. The number of carbonyl (C=O) groups is 3. The molecule has 6 atom stereocenters. The summed E-state index contributed by atoms with van der Waals surface area (Å²) in [6.07, 6.45) is 1.16. The zero-order valence-corrected chi connectivity index (χ0v) is 21.7. The van der Waals surface area contributed by atoms with Gasteiger partial charge >= 0.3 is 0 Å². The average Bonchev–Trinajstić information content (AvgIpc) is 3.44. The molecule has 0 saturated carbocycles. The van der Waals surface area contributed by atoms with Crippen LogP contribution in [0.5, 0.6) is 0 Å². The summed E-state index contributed by atoms with van der Waals surface area (Å²) in [5.41, 5.74) is 3.38. The fourth-order valence-corrected chi connectivity index (χ4v) is 8.97. The highest BCUT2D eigenvalue weighted by atomic mass is 32.2. The molecule has 0 aromatic heterocycles. The van der Waals surface area contributed by atoms with Crippen LogP contribution in [0.25, 0.3) is 0 Å². The number of para-hydroxylation sites is 2. The van der Waals surface area contributed by atoms with Gasteiger partial charge < -0.3 is 20.6 Å². The summed E-state index contributed by atoms with van der Waals surface area (Å²) in [6.45, 7) is 6.22. The number of rotatable bonds is 7. The lowest BCUT2D eigenvalue weighted by atomic mass is 9.66. The molecular formula is C28H33N3O4S. The molecule has 3 aliphatic heterocycles. The smallest absolute Gasteiger partial charge is 0.248 e. The summed E-state index contributed by atoms with van der Waals surface area (Å²) in [4.78, 5) is 43.1. The predicted molar refractivity (Wildman–Crippen MR) is 142 cm³/mol. The maximum absolute atomic E-state index is 14.0. The summed E-state index contributed by atoms with van der Waals surface area (Å²) in [5, 5.41) is 15.6. The number of benzene rings is 2. The largest absolute Gasteiger partial charge is 0.396 e. The highest BCUT2D eigenvalue weighted by Crippen LogP contribution is 2.68. The van der Waals surface area contributed by atoms with Crippen molar-refractivity contribution in [2.45, 2.75) is 49.7 Å². The van der Waals surface area contributed by atoms with E-state index in [1.807, 2.05) is 62.4 Å². The van der Waals surface area contributed by atoms with Gasteiger partial charge in [0.15, 0.2) is 0 Å². The number of amides is 3. The number of anilines is 2. The van der Waals surface area contributed by atoms with Crippen molar-refractivity contribution in [3.63, 3.8) is 0 Å². The summed E-state index contributed by atoms with van der Waals surface area (Å²) in [6, 6.07) is 14.4. The molecule has 3 amide bonds. The number of hydrogen-bond donors (Lipinski definition) is 3. The third-order valence-electron chi connectivity index (χ3n) is 8.12. The van der Waals surface area contributed by atoms with Gasteiger partial charge in [0, 0.05) is 29.8 Å². The van der Waals surface area contributed by atoms with E-state index in [-0.39, 0.29) is 42.0 Å². The molecule has 3 aliphatic rings. The zero-order chi connectivity index (χ0) is 25.6. The monoisotopic (exact) mass is 507 g/mol. The van der Waals surface area contributed by atoms with Crippen LogP contribution in [-0.2, 0) is 14.4 Å². The lowest BCUT2D eigenvalue weighted by Gasteiger charge is -2.38. The molecule has 0 radical (unpaired) electrons. The first-order valence-electron chi connectivity index (χ1n) is 12.6. The van der Waals surface area contributed by atoms with Crippen LogP contribution in [-0.4, -0.2) is 56.9 Å². The lowest BCUT2D eigenvalue weighted by molar-refractivity contribution is -0.138. The topological polar surface area (TPSA) is 98.7 Å². The number of carbonyl (C=O) groups excluding carboxylic acids is 3. The second-order valence-electron chi connectivity index (χ2n) is 10.3. The zero-order valence-electron chi connectivity index (χ0n) is 20.9. The minimum absolute atomic E-state index is 0.0202. The first-order chi connectivity index (χ1) is 17.3. The first kappa shape index (κ1) is 24.8. The van der Waals surface area contributed by atoms with Gasteiger partial charge in [-0.15, -0.1) is 11.8 Å². The van der Waals surface area contributed by atoms with Crippen LogP contribution in [0, 0.1) is 31.6 Å². The van der Waals surface area contributed by atoms with Crippen molar-refractivity contribution in [2.24, 2.45) is 17.8 Å². The molecule has 3 N–H and O–H groups in total. The minimum Gasteiger partial charge on any atom is -0.396 e. The molecule has 5 rings (SSSR count). The molecule has 3 heterocycles. The number of nitrogens with zero attached hydrogens (tertiary/aromatic N) is 1. The minimum atomic E-state index is -0.708. The number of hydrogen-bond acceptors (Lipinski definition) is 5. The Morgan fingerprint density at radius 2 is 1.75 bits per heavy atom. The van der Waals surface area contributed by atoms with Crippen molar-refractivity contribution < 1.29 is 19.5 Å². The van der Waals surface area contributed by atoms with Crippen LogP contribution in [0.4, 0.5) is 11.4 Å². The van der Waals surface area contributed by atoms with Crippen molar-refractivity contribution in [3.05, 3.63) is 59.7 Å². The fraction of sp³-hybridized carbons (Fsp3) is 0.464. The first-order valence-corrected chi connectivity index (χ1v) is 13.5. The van der Waals surface area contributed by atoms with Gasteiger partial charge in [-0.1, -0.05) is 43.3 Å². The molecule has 3 unspecified atom stereocenters. The number of fused-ring (bicyclic) bond motifs is 1. The molecule has 2 aromatic rings. The predicted octanol–water partition coefficient (Wildman–Crippen LogP) is 3.60. The maximum Gasteiger partial charge on any atom is 0.248 e. The van der Waals surface area contributed by atoms with Crippen LogP contribution in [0.1, 0.15) is 30.9 Å². The summed E-state index contributed by atoms with van der Waals surface area (Å²) in [5.74, 6) is -1.52. The number of aryl methyl sites for hydroxylation is 2. The SMILES string of the molecule is Cc1cccc(C)c1NC(=O)C1N(CCCO)C(=O)[C@@H]2[C@@H](C(=O)Nc3ccccc3)[C@H]3CC(C)C12S3. The van der Waals surface area contributed by atoms with Crippen LogP contribution < -0.4 is 10.6 Å². The average molecular weight is 508 g/mol. The molecule has 36 heavy (non-hydrogen) atoms. The van der Waals surface area contributed by atoms with Gasteiger partial charge in [0.1, 0.15) is 6.04 Å². The molecular weight excluding hydrogens is 474 g/mol. The quantitative estimate of drug-likeness (QED) is 0.532. The van der Waals surface area contributed by atoms with Gasteiger partial charge in [0.05, 0.1) is 16.6 Å². The van der Waals surface area contributed by atoms with E-state index in [9.17, 15) is 19.5 Å². The Morgan fingerprint density at radius 1 is 1.06 bits per heavy atom.